The van der Waals surface area contributed by atoms with E-state index in [-0.39, 0.29) is 4.48 Å². The summed E-state index contributed by atoms with van der Waals surface area (Å²) in [5, 5.41) is 0. The standard InChI is InChI=1S/C14H19N5O2/c1-18(2)12-15-10-16-13(17-12)19(3,4)14(20)21-11-8-6-5-7-9-11/h5-6,8-10H,7H2,1-4H3/q+1. The summed E-state index contributed by atoms with van der Waals surface area (Å²) in [4.78, 5) is 26.5. The predicted octanol–water partition coefficient (Wildman–Crippen LogP) is 1.69. The highest BCUT2D eigenvalue weighted by Gasteiger charge is 2.36. The van der Waals surface area contributed by atoms with Crippen molar-refractivity contribution in [3.63, 3.8) is 0 Å². The summed E-state index contributed by atoms with van der Waals surface area (Å²) in [5.41, 5.74) is 0. The molecule has 2 rings (SSSR count). The van der Waals surface area contributed by atoms with Gasteiger partial charge in [0.05, 0.1) is 14.1 Å². The second kappa shape index (κ2) is 6.01. The highest BCUT2D eigenvalue weighted by Crippen LogP contribution is 2.19. The van der Waals surface area contributed by atoms with Gasteiger partial charge in [0.1, 0.15) is 12.1 Å². The van der Waals surface area contributed by atoms with E-state index in [9.17, 15) is 4.79 Å². The van der Waals surface area contributed by atoms with Crippen molar-refractivity contribution < 1.29 is 9.53 Å². The van der Waals surface area contributed by atoms with Crippen LogP contribution < -0.4 is 9.38 Å². The SMILES string of the molecule is CN(C)c1ncnc([N+](C)(C)C(=O)OC2=CC[CH]C=C2)n1. The molecular weight excluding hydrogens is 270 g/mol. The zero-order valence-electron chi connectivity index (χ0n) is 12.6. The highest BCUT2D eigenvalue weighted by atomic mass is 16.6. The summed E-state index contributed by atoms with van der Waals surface area (Å²) in [5.74, 6) is 1.35. The van der Waals surface area contributed by atoms with E-state index in [0.717, 1.165) is 6.42 Å². The molecule has 1 aromatic heterocycles. The lowest BCUT2D eigenvalue weighted by Crippen LogP contribution is -2.48. The average Bonchev–Trinajstić information content (AvgIpc) is 2.48. The van der Waals surface area contributed by atoms with Crippen molar-refractivity contribution in [2.75, 3.05) is 33.1 Å². The minimum atomic E-state index is -0.455. The molecule has 0 aromatic carbocycles. The average molecular weight is 289 g/mol. The second-order valence-corrected chi connectivity index (χ2v) is 5.24. The molecule has 0 atom stereocenters. The van der Waals surface area contributed by atoms with Crippen LogP contribution in [0.4, 0.5) is 16.7 Å². The first-order valence-corrected chi connectivity index (χ1v) is 6.54. The molecule has 0 saturated carbocycles. The van der Waals surface area contributed by atoms with E-state index in [4.69, 9.17) is 4.74 Å². The summed E-state index contributed by atoms with van der Waals surface area (Å²) in [6.45, 7) is 0. The Morgan fingerprint density at radius 2 is 2.10 bits per heavy atom. The van der Waals surface area contributed by atoms with E-state index in [1.165, 1.54) is 6.33 Å². The van der Waals surface area contributed by atoms with Gasteiger partial charge >= 0.3 is 12.0 Å². The molecule has 0 N–H and O–H groups in total. The lowest BCUT2D eigenvalue weighted by molar-refractivity contribution is 0.148. The number of allylic oxidation sites excluding steroid dienone is 3. The fraction of sp³-hybridized carbons (Fsp3) is 0.357. The van der Waals surface area contributed by atoms with Gasteiger partial charge in [-0.3, -0.25) is 0 Å². The smallest absolute Gasteiger partial charge is 0.381 e. The first-order chi connectivity index (χ1) is 9.91. The number of hydrogen-bond acceptors (Lipinski definition) is 6. The maximum absolute atomic E-state index is 12.4. The van der Waals surface area contributed by atoms with Gasteiger partial charge in [-0.25, -0.2) is 4.98 Å². The monoisotopic (exact) mass is 289 g/mol. The molecule has 7 heteroatoms. The Hall–Kier alpha value is -2.28. The van der Waals surface area contributed by atoms with Gasteiger partial charge in [-0.05, 0) is 25.0 Å². The maximum Gasteiger partial charge on any atom is 0.528 e. The Morgan fingerprint density at radius 3 is 2.71 bits per heavy atom. The number of ether oxygens (including phenoxy) is 1. The Morgan fingerprint density at radius 1 is 1.33 bits per heavy atom. The zero-order chi connectivity index (χ0) is 15.5. The van der Waals surface area contributed by atoms with Crippen molar-refractivity contribution >= 4 is 18.0 Å². The minimum Gasteiger partial charge on any atom is -0.381 e. The van der Waals surface area contributed by atoms with Gasteiger partial charge in [0.15, 0.2) is 0 Å². The van der Waals surface area contributed by atoms with Crippen molar-refractivity contribution in [1.29, 1.82) is 0 Å². The molecule has 1 amide bonds. The van der Waals surface area contributed by atoms with Crippen molar-refractivity contribution in [1.82, 2.24) is 19.4 Å². The lowest BCUT2D eigenvalue weighted by atomic mass is 10.2. The molecule has 21 heavy (non-hydrogen) atoms. The predicted molar refractivity (Wildman–Crippen MR) is 80.4 cm³/mol. The third-order valence-corrected chi connectivity index (χ3v) is 2.96. The van der Waals surface area contributed by atoms with Gasteiger partial charge in [0.2, 0.25) is 5.95 Å². The van der Waals surface area contributed by atoms with Crippen LogP contribution in [0.15, 0.2) is 30.3 Å². The van der Waals surface area contributed by atoms with E-state index < -0.39 is 6.09 Å². The number of amides is 1. The molecule has 1 aromatic rings. The van der Waals surface area contributed by atoms with Gasteiger partial charge in [-0.15, -0.1) is 4.98 Å². The van der Waals surface area contributed by atoms with E-state index in [1.807, 2.05) is 32.7 Å². The van der Waals surface area contributed by atoms with Gasteiger partial charge in [0.25, 0.3) is 0 Å². The van der Waals surface area contributed by atoms with Crippen LogP contribution in [-0.2, 0) is 4.74 Å². The molecular formula is C14H19N5O2+. The number of carbonyl (C=O) groups excluding carboxylic acids is 1. The number of nitrogens with zero attached hydrogens (tertiary/aromatic N) is 5. The number of anilines is 1. The molecule has 111 valence electrons. The van der Waals surface area contributed by atoms with E-state index in [0.29, 0.717) is 17.7 Å². The molecule has 0 unspecified atom stereocenters. The molecule has 1 aliphatic carbocycles. The molecule has 1 heterocycles. The van der Waals surface area contributed by atoms with Gasteiger partial charge in [-0.2, -0.15) is 14.3 Å². The van der Waals surface area contributed by atoms with Crippen LogP contribution in [0.25, 0.3) is 0 Å². The number of hydrogen-bond donors (Lipinski definition) is 0. The molecule has 0 fully saturated rings. The molecule has 7 nitrogen and oxygen atoms in total. The van der Waals surface area contributed by atoms with Crippen molar-refractivity contribution in [2.45, 2.75) is 6.42 Å². The molecule has 1 radical (unpaired) electrons. The molecule has 0 saturated heterocycles. The summed E-state index contributed by atoms with van der Waals surface area (Å²) < 4.78 is 5.16. The third kappa shape index (κ3) is 3.43. The van der Waals surface area contributed by atoms with E-state index in [1.54, 1.807) is 25.1 Å². The van der Waals surface area contributed by atoms with Crippen molar-refractivity contribution in [3.8, 4) is 0 Å². The summed E-state index contributed by atoms with van der Waals surface area (Å²) in [6.07, 6.45) is 9.12. The molecule has 0 bridgehead atoms. The van der Waals surface area contributed by atoms with E-state index >= 15 is 0 Å². The van der Waals surface area contributed by atoms with Crippen LogP contribution in [0.1, 0.15) is 6.42 Å². The van der Waals surface area contributed by atoms with Crippen LogP contribution >= 0.6 is 0 Å². The fourth-order valence-electron chi connectivity index (χ4n) is 1.63. The molecule has 0 spiro atoms. The largest absolute Gasteiger partial charge is 0.528 e. The number of carbonyl (C=O) groups is 1. The Kier molecular flexibility index (Phi) is 4.32. The van der Waals surface area contributed by atoms with Crippen LogP contribution in [0, 0.1) is 6.42 Å². The van der Waals surface area contributed by atoms with Crippen molar-refractivity contribution in [3.05, 3.63) is 36.7 Å². The lowest BCUT2D eigenvalue weighted by Gasteiger charge is -2.23. The number of aromatic nitrogens is 3. The Balaban J connectivity index is 2.20. The second-order valence-electron chi connectivity index (χ2n) is 5.24. The Bertz CT molecular complexity index is 593. The Labute approximate surface area is 124 Å². The normalized spacial score (nSPS) is 14.6. The highest BCUT2D eigenvalue weighted by molar-refractivity contribution is 5.80. The first-order valence-electron chi connectivity index (χ1n) is 6.54. The van der Waals surface area contributed by atoms with E-state index in [2.05, 4.69) is 15.0 Å². The van der Waals surface area contributed by atoms with Gasteiger partial charge in [0, 0.05) is 14.1 Å². The van der Waals surface area contributed by atoms with Crippen LogP contribution in [0.2, 0.25) is 0 Å². The zero-order valence-corrected chi connectivity index (χ0v) is 12.6. The summed E-state index contributed by atoms with van der Waals surface area (Å²) in [7, 11) is 7.00. The quantitative estimate of drug-likeness (QED) is 0.789. The van der Waals surface area contributed by atoms with Crippen molar-refractivity contribution in [2.24, 2.45) is 0 Å². The number of quaternary nitrogens is 1. The third-order valence-electron chi connectivity index (χ3n) is 2.96. The molecule has 1 aliphatic rings. The number of rotatable bonds is 3. The summed E-state index contributed by atoms with van der Waals surface area (Å²) >= 11 is 0. The topological polar surface area (TPSA) is 68.2 Å². The van der Waals surface area contributed by atoms with Gasteiger partial charge < -0.3 is 9.64 Å². The molecule has 0 aliphatic heterocycles. The van der Waals surface area contributed by atoms with Gasteiger partial charge in [-0.1, -0.05) is 6.08 Å². The maximum atomic E-state index is 12.4. The first kappa shape index (κ1) is 15.1. The fourth-order valence-corrected chi connectivity index (χ4v) is 1.63. The summed E-state index contributed by atoms with van der Waals surface area (Å²) in [6, 6.07) is 0. The minimum absolute atomic E-state index is 0.224. The van der Waals surface area contributed by atoms with Crippen LogP contribution in [-0.4, -0.2) is 49.2 Å². The van der Waals surface area contributed by atoms with Crippen LogP contribution in [0.5, 0.6) is 0 Å². The van der Waals surface area contributed by atoms with Crippen LogP contribution in [0.3, 0.4) is 0 Å².